The predicted molar refractivity (Wildman–Crippen MR) is 260 cm³/mol. The molecule has 5 heterocycles. The quantitative estimate of drug-likeness (QED) is 0.161. The number of para-hydroxylation sites is 2. The average Bonchev–Trinajstić information content (AvgIpc) is 3.89. The lowest BCUT2D eigenvalue weighted by molar-refractivity contribution is 1.06. The van der Waals surface area contributed by atoms with Gasteiger partial charge in [-0.25, -0.2) is 4.98 Å². The highest BCUT2D eigenvalue weighted by atomic mass is 15.1. The Kier molecular flexibility index (Phi) is 8.77. The van der Waals surface area contributed by atoms with Gasteiger partial charge in [0.1, 0.15) is 5.82 Å². The molecular formula is C58H36N6. The number of aromatic nitrogens is 5. The van der Waals surface area contributed by atoms with Gasteiger partial charge in [-0.3, -0.25) is 14.5 Å². The van der Waals surface area contributed by atoms with Crippen LogP contribution in [0.4, 0.5) is 0 Å². The van der Waals surface area contributed by atoms with Crippen LogP contribution in [0.3, 0.4) is 0 Å². The monoisotopic (exact) mass is 816 g/mol. The highest BCUT2D eigenvalue weighted by Crippen LogP contribution is 2.42. The van der Waals surface area contributed by atoms with E-state index in [0.717, 1.165) is 111 Å². The number of nitrogens with zero attached hydrogens (tertiary/aromatic N) is 6. The maximum absolute atomic E-state index is 9.83. The summed E-state index contributed by atoms with van der Waals surface area (Å²) in [4.78, 5) is 15.1. The van der Waals surface area contributed by atoms with E-state index >= 15 is 0 Å². The van der Waals surface area contributed by atoms with Crippen molar-refractivity contribution >= 4 is 43.6 Å². The van der Waals surface area contributed by atoms with Crippen molar-refractivity contribution in [3.05, 3.63) is 224 Å². The zero-order valence-corrected chi connectivity index (χ0v) is 34.5. The zero-order valence-electron chi connectivity index (χ0n) is 34.5. The fourth-order valence-corrected chi connectivity index (χ4v) is 9.40. The number of pyridine rings is 3. The van der Waals surface area contributed by atoms with Crippen LogP contribution in [0.15, 0.2) is 219 Å². The SMILES string of the molecule is N#Cc1ccc(-c2cc(-n3c4ccccc4c4ccc(-c5cccnc5-c5ccccc5)cc43)ncc2-n2c3ccccc3c3ccc(-c4cccnc4-c4ccccc4)cc32)cc1. The van der Waals surface area contributed by atoms with Crippen molar-refractivity contribution in [1.82, 2.24) is 24.1 Å². The Morgan fingerprint density at radius 1 is 0.359 bits per heavy atom. The van der Waals surface area contributed by atoms with Gasteiger partial charge in [0.25, 0.3) is 0 Å². The highest BCUT2D eigenvalue weighted by molar-refractivity contribution is 6.12. The fourth-order valence-electron chi connectivity index (χ4n) is 9.40. The van der Waals surface area contributed by atoms with E-state index in [4.69, 9.17) is 15.0 Å². The summed E-state index contributed by atoms with van der Waals surface area (Å²) < 4.78 is 4.62. The van der Waals surface area contributed by atoms with E-state index in [0.29, 0.717) is 5.56 Å². The maximum Gasteiger partial charge on any atom is 0.138 e. The lowest BCUT2D eigenvalue weighted by Crippen LogP contribution is -2.03. The van der Waals surface area contributed by atoms with Crippen LogP contribution < -0.4 is 0 Å². The van der Waals surface area contributed by atoms with Crippen LogP contribution in [0.2, 0.25) is 0 Å². The van der Waals surface area contributed by atoms with Crippen molar-refractivity contribution in [3.63, 3.8) is 0 Å². The molecule has 0 radical (unpaired) electrons. The zero-order chi connectivity index (χ0) is 42.6. The summed E-state index contributed by atoms with van der Waals surface area (Å²) in [7, 11) is 0. The standard InChI is InChI=1S/C58H36N6/c59-36-38-23-25-39(26-24-38)50-35-56(64-52-22-10-8-18-47(52)49-30-28-43(34-54(49)64)45-20-12-32-61-58(45)41-15-5-2-6-16-41)62-37-55(50)63-51-21-9-7-17-46(51)48-29-27-42(33-53(48)63)44-19-11-31-60-57(44)40-13-3-1-4-14-40/h1-35,37H. The van der Waals surface area contributed by atoms with E-state index in [9.17, 15) is 5.26 Å². The first-order valence-electron chi connectivity index (χ1n) is 21.3. The van der Waals surface area contributed by atoms with Crippen molar-refractivity contribution in [3.8, 4) is 73.5 Å². The van der Waals surface area contributed by atoms with Gasteiger partial charge in [0, 0.05) is 61.8 Å². The third-order valence-corrected chi connectivity index (χ3v) is 12.3. The van der Waals surface area contributed by atoms with Crippen molar-refractivity contribution < 1.29 is 0 Å². The van der Waals surface area contributed by atoms with Gasteiger partial charge in [0.15, 0.2) is 0 Å². The Balaban J connectivity index is 1.10. The van der Waals surface area contributed by atoms with Gasteiger partial charge in [0.05, 0.1) is 57.0 Å². The van der Waals surface area contributed by atoms with E-state index in [1.54, 1.807) is 0 Å². The summed E-state index contributed by atoms with van der Waals surface area (Å²) in [6.07, 6.45) is 5.73. The smallest absolute Gasteiger partial charge is 0.138 e. The normalized spacial score (nSPS) is 11.4. The number of benzene rings is 7. The maximum atomic E-state index is 9.83. The summed E-state index contributed by atoms with van der Waals surface area (Å²) >= 11 is 0. The summed E-state index contributed by atoms with van der Waals surface area (Å²) in [6, 6.07) is 71.9. The molecule has 0 spiro atoms. The topological polar surface area (TPSA) is 72.3 Å². The molecule has 0 fully saturated rings. The number of hydrogen-bond acceptors (Lipinski definition) is 4. The second-order valence-electron chi connectivity index (χ2n) is 15.9. The molecule has 0 aliphatic rings. The largest absolute Gasteiger partial charge is 0.307 e. The first-order valence-corrected chi connectivity index (χ1v) is 21.3. The summed E-state index contributed by atoms with van der Waals surface area (Å²) in [5.41, 5.74) is 16.0. The van der Waals surface area contributed by atoms with Gasteiger partial charge in [-0.05, 0) is 71.3 Å². The third-order valence-electron chi connectivity index (χ3n) is 12.3. The minimum Gasteiger partial charge on any atom is -0.307 e. The molecule has 6 nitrogen and oxygen atoms in total. The molecule has 298 valence electrons. The molecule has 7 aromatic carbocycles. The van der Waals surface area contributed by atoms with Crippen LogP contribution >= 0.6 is 0 Å². The lowest BCUT2D eigenvalue weighted by Gasteiger charge is -2.17. The van der Waals surface area contributed by atoms with Gasteiger partial charge in [-0.15, -0.1) is 0 Å². The Hall–Kier alpha value is -8.92. The molecule has 0 unspecified atom stereocenters. The molecule has 0 amide bonds. The number of rotatable bonds is 7. The van der Waals surface area contributed by atoms with Crippen molar-refractivity contribution in [1.29, 1.82) is 5.26 Å². The van der Waals surface area contributed by atoms with Crippen LogP contribution in [0.5, 0.6) is 0 Å². The first-order chi connectivity index (χ1) is 31.7. The minimum absolute atomic E-state index is 0.604. The molecule has 0 saturated carbocycles. The summed E-state index contributed by atoms with van der Waals surface area (Å²) in [5.74, 6) is 0.783. The molecule has 12 aromatic rings. The van der Waals surface area contributed by atoms with E-state index < -0.39 is 0 Å². The predicted octanol–water partition coefficient (Wildman–Crippen LogP) is 14.3. The highest BCUT2D eigenvalue weighted by Gasteiger charge is 2.21. The van der Waals surface area contributed by atoms with E-state index in [1.807, 2.05) is 67.1 Å². The van der Waals surface area contributed by atoms with Gasteiger partial charge in [0.2, 0.25) is 0 Å². The Labute approximate surface area is 369 Å². The number of fused-ring (bicyclic) bond motifs is 6. The lowest BCUT2D eigenvalue weighted by atomic mass is 9.98. The fraction of sp³-hybridized carbons (Fsp3) is 0. The van der Waals surface area contributed by atoms with Gasteiger partial charge < -0.3 is 4.57 Å². The van der Waals surface area contributed by atoms with Gasteiger partial charge in [-0.1, -0.05) is 146 Å². The second-order valence-corrected chi connectivity index (χ2v) is 15.9. The van der Waals surface area contributed by atoms with Crippen molar-refractivity contribution in [2.24, 2.45) is 0 Å². The molecule has 12 rings (SSSR count). The van der Waals surface area contributed by atoms with Crippen LogP contribution in [0.25, 0.3) is 111 Å². The van der Waals surface area contributed by atoms with E-state index in [1.165, 1.54) is 0 Å². The molecule has 6 heteroatoms. The molecule has 0 saturated heterocycles. The molecule has 64 heavy (non-hydrogen) atoms. The first kappa shape index (κ1) is 36.9. The van der Waals surface area contributed by atoms with E-state index in [2.05, 4.69) is 167 Å². The van der Waals surface area contributed by atoms with Crippen molar-refractivity contribution in [2.45, 2.75) is 0 Å². The minimum atomic E-state index is 0.604. The van der Waals surface area contributed by atoms with Crippen molar-refractivity contribution in [2.75, 3.05) is 0 Å². The molecule has 0 aliphatic heterocycles. The van der Waals surface area contributed by atoms with Crippen LogP contribution in [-0.2, 0) is 0 Å². The van der Waals surface area contributed by atoms with E-state index in [-0.39, 0.29) is 0 Å². The molecule has 0 bridgehead atoms. The number of hydrogen-bond donors (Lipinski definition) is 0. The third kappa shape index (κ3) is 6.06. The van der Waals surface area contributed by atoms with Crippen LogP contribution in [-0.4, -0.2) is 24.1 Å². The Morgan fingerprint density at radius 2 is 0.844 bits per heavy atom. The van der Waals surface area contributed by atoms with Crippen LogP contribution in [0, 0.1) is 11.3 Å². The second kappa shape index (κ2) is 15.2. The molecule has 0 N–H and O–H groups in total. The molecule has 0 aliphatic carbocycles. The van der Waals surface area contributed by atoms with Gasteiger partial charge in [-0.2, -0.15) is 5.26 Å². The van der Waals surface area contributed by atoms with Crippen LogP contribution in [0.1, 0.15) is 5.56 Å². The molecular weight excluding hydrogens is 781 g/mol. The Morgan fingerprint density at radius 3 is 1.41 bits per heavy atom. The van der Waals surface area contributed by atoms with Gasteiger partial charge >= 0.3 is 0 Å². The average molecular weight is 817 g/mol. The number of nitriles is 1. The summed E-state index contributed by atoms with van der Waals surface area (Å²) in [5, 5.41) is 14.4. The summed E-state index contributed by atoms with van der Waals surface area (Å²) in [6.45, 7) is 0. The Bertz CT molecular complexity index is 3780. The molecule has 0 atom stereocenters. The molecule has 5 aromatic heterocycles.